The van der Waals surface area contributed by atoms with Crippen molar-refractivity contribution in [2.24, 2.45) is 0 Å². The predicted octanol–water partition coefficient (Wildman–Crippen LogP) is 3.41. The molecule has 0 radical (unpaired) electrons. The highest BCUT2D eigenvalue weighted by Crippen LogP contribution is 2.24. The highest BCUT2D eigenvalue weighted by molar-refractivity contribution is 7.92. The van der Waals surface area contributed by atoms with Gasteiger partial charge in [0.05, 0.1) is 19.1 Å². The smallest absolute Gasteiger partial charge is 0.244 e. The van der Waals surface area contributed by atoms with Crippen LogP contribution in [0.4, 0.5) is 5.69 Å². The molecule has 1 atom stereocenters. The van der Waals surface area contributed by atoms with E-state index < -0.39 is 28.5 Å². The van der Waals surface area contributed by atoms with Gasteiger partial charge in [0, 0.05) is 13.1 Å². The molecule has 2 rings (SSSR count). The van der Waals surface area contributed by atoms with Crippen molar-refractivity contribution >= 4 is 27.5 Å². The molecule has 0 unspecified atom stereocenters. The molecule has 192 valence electrons. The molecule has 0 aliphatic rings. The van der Waals surface area contributed by atoms with E-state index in [1.165, 1.54) is 4.90 Å². The van der Waals surface area contributed by atoms with E-state index in [1.807, 2.05) is 45.0 Å². The number of sulfonamides is 1. The van der Waals surface area contributed by atoms with Crippen LogP contribution in [-0.2, 0) is 26.2 Å². The number of rotatable bonds is 12. The monoisotopic (exact) mass is 503 g/mol. The maximum Gasteiger partial charge on any atom is 0.244 e. The van der Waals surface area contributed by atoms with Crippen LogP contribution in [0.5, 0.6) is 5.75 Å². The van der Waals surface area contributed by atoms with Gasteiger partial charge in [0.15, 0.2) is 0 Å². The predicted molar refractivity (Wildman–Crippen MR) is 139 cm³/mol. The summed E-state index contributed by atoms with van der Waals surface area (Å²) >= 11 is 0. The first-order valence-electron chi connectivity index (χ1n) is 11.7. The summed E-state index contributed by atoms with van der Waals surface area (Å²) in [6, 6.07) is 11.8. The second-order valence-corrected chi connectivity index (χ2v) is 10.7. The van der Waals surface area contributed by atoms with Gasteiger partial charge in [0.1, 0.15) is 18.3 Å². The van der Waals surface area contributed by atoms with E-state index >= 15 is 0 Å². The van der Waals surface area contributed by atoms with Gasteiger partial charge in [-0.25, -0.2) is 8.42 Å². The molecule has 0 saturated carbocycles. The highest BCUT2D eigenvalue weighted by Gasteiger charge is 2.30. The third kappa shape index (κ3) is 7.99. The van der Waals surface area contributed by atoms with Crippen molar-refractivity contribution in [2.45, 2.75) is 53.1 Å². The lowest BCUT2D eigenvalue weighted by atomic mass is 10.1. The molecule has 2 aromatic rings. The molecular weight excluding hydrogens is 466 g/mol. The van der Waals surface area contributed by atoms with E-state index in [9.17, 15) is 18.0 Å². The van der Waals surface area contributed by atoms with Crippen LogP contribution in [-0.4, -0.2) is 57.6 Å². The Kier molecular flexibility index (Phi) is 10.1. The number of methoxy groups -OCH3 is 1. The number of amides is 2. The van der Waals surface area contributed by atoms with Crippen LogP contribution in [0.25, 0.3) is 0 Å². The van der Waals surface area contributed by atoms with Gasteiger partial charge in [-0.2, -0.15) is 0 Å². The summed E-state index contributed by atoms with van der Waals surface area (Å²) < 4.78 is 31.7. The molecule has 0 saturated heterocycles. The molecule has 0 aliphatic heterocycles. The van der Waals surface area contributed by atoms with Gasteiger partial charge in [-0.1, -0.05) is 43.2 Å². The van der Waals surface area contributed by atoms with Gasteiger partial charge < -0.3 is 15.0 Å². The first-order valence-corrected chi connectivity index (χ1v) is 13.6. The minimum atomic E-state index is -3.76. The topological polar surface area (TPSA) is 96.0 Å². The SMILES string of the molecule is CCCCNC(=O)[C@@H](C)N(Cc1ccc(OC)cc1)C(=O)CN(c1ccc(C)cc1C)S(C)(=O)=O. The summed E-state index contributed by atoms with van der Waals surface area (Å²) in [5.41, 5.74) is 2.97. The zero-order valence-electron chi connectivity index (χ0n) is 21.5. The first kappa shape index (κ1) is 28.2. The van der Waals surface area contributed by atoms with Crippen molar-refractivity contribution in [3.63, 3.8) is 0 Å². The molecular formula is C26H37N3O5S. The van der Waals surface area contributed by atoms with E-state index in [-0.39, 0.29) is 12.5 Å². The van der Waals surface area contributed by atoms with Crippen LogP contribution < -0.4 is 14.4 Å². The number of carbonyl (C=O) groups is 2. The maximum atomic E-state index is 13.6. The molecule has 0 spiro atoms. The Labute approximate surface area is 209 Å². The van der Waals surface area contributed by atoms with Gasteiger partial charge in [-0.3, -0.25) is 13.9 Å². The number of benzene rings is 2. The first-order chi connectivity index (χ1) is 16.5. The molecule has 0 bridgehead atoms. The lowest BCUT2D eigenvalue weighted by Gasteiger charge is -2.32. The number of hydrogen-bond acceptors (Lipinski definition) is 5. The number of unbranched alkanes of at least 4 members (excludes halogenated alkanes) is 1. The maximum absolute atomic E-state index is 13.6. The zero-order chi connectivity index (χ0) is 26.2. The Morgan fingerprint density at radius 1 is 1.09 bits per heavy atom. The van der Waals surface area contributed by atoms with Crippen LogP contribution in [0.2, 0.25) is 0 Å². The van der Waals surface area contributed by atoms with Crippen LogP contribution in [0.1, 0.15) is 43.4 Å². The fourth-order valence-electron chi connectivity index (χ4n) is 3.73. The Hall–Kier alpha value is -3.07. The van der Waals surface area contributed by atoms with Gasteiger partial charge in [0.2, 0.25) is 21.8 Å². The average molecular weight is 504 g/mol. The van der Waals surface area contributed by atoms with Gasteiger partial charge in [-0.15, -0.1) is 0 Å². The highest BCUT2D eigenvalue weighted by atomic mass is 32.2. The number of ether oxygens (including phenoxy) is 1. The molecule has 8 nitrogen and oxygen atoms in total. The van der Waals surface area contributed by atoms with Crippen LogP contribution in [0, 0.1) is 13.8 Å². The summed E-state index contributed by atoms with van der Waals surface area (Å²) in [6.07, 6.45) is 2.84. The fraction of sp³-hybridized carbons (Fsp3) is 0.462. The average Bonchev–Trinajstić information content (AvgIpc) is 2.80. The number of hydrogen-bond donors (Lipinski definition) is 1. The van der Waals surface area contributed by atoms with E-state index in [0.717, 1.165) is 40.1 Å². The van der Waals surface area contributed by atoms with Crippen molar-refractivity contribution in [2.75, 3.05) is 30.8 Å². The summed E-state index contributed by atoms with van der Waals surface area (Å²) in [4.78, 5) is 27.8. The van der Waals surface area contributed by atoms with Crippen LogP contribution in [0.3, 0.4) is 0 Å². The molecule has 0 fully saturated rings. The Morgan fingerprint density at radius 2 is 1.74 bits per heavy atom. The van der Waals surface area contributed by atoms with E-state index in [4.69, 9.17) is 4.74 Å². The minimum Gasteiger partial charge on any atom is -0.497 e. The summed E-state index contributed by atoms with van der Waals surface area (Å²) in [7, 11) is -2.19. The van der Waals surface area contributed by atoms with Gasteiger partial charge >= 0.3 is 0 Å². The van der Waals surface area contributed by atoms with E-state index in [2.05, 4.69) is 5.32 Å². The molecule has 0 aromatic heterocycles. The summed E-state index contributed by atoms with van der Waals surface area (Å²) in [6.45, 7) is 7.67. The van der Waals surface area contributed by atoms with Crippen molar-refractivity contribution in [1.82, 2.24) is 10.2 Å². The molecule has 35 heavy (non-hydrogen) atoms. The Balaban J connectivity index is 2.37. The zero-order valence-corrected chi connectivity index (χ0v) is 22.3. The summed E-state index contributed by atoms with van der Waals surface area (Å²) in [5, 5.41) is 2.87. The summed E-state index contributed by atoms with van der Waals surface area (Å²) in [5.74, 6) is -0.0721. The van der Waals surface area contributed by atoms with Crippen molar-refractivity contribution < 1.29 is 22.7 Å². The number of nitrogens with one attached hydrogen (secondary N) is 1. The fourth-order valence-corrected chi connectivity index (χ4v) is 4.63. The molecule has 2 aromatic carbocycles. The second-order valence-electron chi connectivity index (χ2n) is 8.75. The van der Waals surface area contributed by atoms with E-state index in [0.29, 0.717) is 18.0 Å². The third-order valence-corrected chi connectivity index (χ3v) is 6.94. The number of aryl methyl sites for hydroxylation is 2. The second kappa shape index (κ2) is 12.6. The quantitative estimate of drug-likeness (QED) is 0.448. The lowest BCUT2D eigenvalue weighted by molar-refractivity contribution is -0.139. The molecule has 1 N–H and O–H groups in total. The van der Waals surface area contributed by atoms with Crippen LogP contribution >= 0.6 is 0 Å². The van der Waals surface area contributed by atoms with Crippen molar-refractivity contribution in [1.29, 1.82) is 0 Å². The minimum absolute atomic E-state index is 0.148. The molecule has 0 aliphatic carbocycles. The van der Waals surface area contributed by atoms with Crippen molar-refractivity contribution in [3.05, 3.63) is 59.2 Å². The molecule has 2 amide bonds. The molecule has 0 heterocycles. The van der Waals surface area contributed by atoms with Gasteiger partial charge in [0.25, 0.3) is 0 Å². The largest absolute Gasteiger partial charge is 0.497 e. The Morgan fingerprint density at radius 3 is 2.29 bits per heavy atom. The van der Waals surface area contributed by atoms with E-state index in [1.54, 1.807) is 32.2 Å². The molecule has 9 heteroatoms. The van der Waals surface area contributed by atoms with Crippen LogP contribution in [0.15, 0.2) is 42.5 Å². The normalized spacial score (nSPS) is 12.1. The lowest BCUT2D eigenvalue weighted by Crippen LogP contribution is -2.51. The Bertz CT molecular complexity index is 1120. The van der Waals surface area contributed by atoms with Gasteiger partial charge in [-0.05, 0) is 56.5 Å². The number of carbonyl (C=O) groups excluding carboxylic acids is 2. The third-order valence-electron chi connectivity index (χ3n) is 5.81. The van der Waals surface area contributed by atoms with Crippen molar-refractivity contribution in [3.8, 4) is 5.75 Å². The standard InChI is InChI=1S/C26H37N3O5S/c1-7-8-15-27-26(31)21(4)28(17-22-10-12-23(34-5)13-11-22)25(30)18-29(35(6,32)33)24-14-9-19(2)16-20(24)3/h9-14,16,21H,7-8,15,17-18H2,1-6H3,(H,27,31)/t21-/m1/s1. The number of nitrogens with zero attached hydrogens (tertiary/aromatic N) is 2. The number of anilines is 1.